The van der Waals surface area contributed by atoms with Crippen molar-refractivity contribution in [1.82, 2.24) is 0 Å². The molecule has 6 nitrogen and oxygen atoms in total. The molecular weight excluding hydrogens is 307 g/mol. The normalized spacial score (nSPS) is 9.65. The first-order valence-electron chi connectivity index (χ1n) is 4.10. The molecule has 0 aromatic rings. The molecule has 0 fully saturated rings. The fourth-order valence-corrected chi connectivity index (χ4v) is 0. The Morgan fingerprint density at radius 1 is 1.18 bits per heavy atom. The smallest absolute Gasteiger partial charge is 0.0634 e. The summed E-state index contributed by atoms with van der Waals surface area (Å²) in [6, 6.07) is 0. The van der Waals surface area contributed by atoms with Gasteiger partial charge in [-0.2, -0.15) is 0 Å². The molecule has 0 saturated heterocycles. The van der Waals surface area contributed by atoms with Crippen molar-refractivity contribution in [1.29, 1.82) is 10.5 Å². The Kier molecular flexibility index (Phi) is 63.8. The number of hydrogen-bond acceptors (Lipinski definition) is 7. The van der Waals surface area contributed by atoms with Crippen LogP contribution in [0.3, 0.4) is 0 Å². The third-order valence-corrected chi connectivity index (χ3v) is 0.637. The maximum atomic E-state index is 8.24. The summed E-state index contributed by atoms with van der Waals surface area (Å²) < 4.78 is 0. The Morgan fingerprint density at radius 2 is 1.29 bits per heavy atom. The summed E-state index contributed by atoms with van der Waals surface area (Å²) in [7, 11) is 0. The second kappa shape index (κ2) is 36.0. The summed E-state index contributed by atoms with van der Waals surface area (Å²) >= 11 is 7.40. The molecule has 9 heteroatoms. The third-order valence-electron chi connectivity index (χ3n) is 0.637. The molecule has 0 aromatic carbocycles. The van der Waals surface area contributed by atoms with Gasteiger partial charge in [-0.15, -0.1) is 6.54 Å². The number of nitriles is 2. The minimum Gasteiger partial charge on any atom is -0.696 e. The number of nitrogens with two attached hydrogens (primary N) is 1. The molecule has 0 spiro atoms. The van der Waals surface area contributed by atoms with E-state index in [1.807, 2.05) is 0 Å². The molecule has 0 aliphatic rings. The van der Waals surface area contributed by atoms with Crippen LogP contribution in [0, 0.1) is 21.3 Å². The summed E-state index contributed by atoms with van der Waals surface area (Å²) in [5, 5.41) is 33.3. The van der Waals surface area contributed by atoms with Crippen molar-refractivity contribution in [2.75, 3.05) is 13.1 Å². The van der Waals surface area contributed by atoms with Gasteiger partial charge in [-0.1, -0.05) is 10.8 Å². The van der Waals surface area contributed by atoms with E-state index in [9.17, 15) is 0 Å². The molecule has 5 N–H and O–H groups in total. The van der Waals surface area contributed by atoms with E-state index in [1.54, 1.807) is 13.8 Å². The minimum absolute atomic E-state index is 0. The largest absolute Gasteiger partial charge is 0.696 e. The van der Waals surface area contributed by atoms with Gasteiger partial charge in [0, 0.05) is 29.1 Å². The molecule has 0 radical (unpaired) electrons. The first-order valence-corrected chi connectivity index (χ1v) is 4.92. The Morgan fingerprint density at radius 3 is 1.29 bits per heavy atom. The Labute approximate surface area is 124 Å². The Hall–Kier alpha value is -0.246. The summed E-state index contributed by atoms with van der Waals surface area (Å²) in [6.07, 6.45) is -0.787. The van der Waals surface area contributed by atoms with Gasteiger partial charge in [0.25, 0.3) is 0 Å². The number of aliphatic hydroxyl groups excluding tert-OH is 2. The molecule has 0 saturated carbocycles. The molecular formula is C8H17N4NiO2S2-3. The molecule has 17 heavy (non-hydrogen) atoms. The van der Waals surface area contributed by atoms with E-state index >= 15 is 0 Å². The van der Waals surface area contributed by atoms with E-state index < -0.39 is 6.10 Å². The zero-order valence-electron chi connectivity index (χ0n) is 9.57. The predicted octanol–water partition coefficient (Wildman–Crippen LogP) is -0.228. The maximum Gasteiger partial charge on any atom is 0.0634 e. The average molecular weight is 324 g/mol. The molecule has 0 aromatic heterocycles. The van der Waals surface area contributed by atoms with E-state index in [0.717, 1.165) is 0 Å². The van der Waals surface area contributed by atoms with E-state index in [-0.39, 0.29) is 29.1 Å². The fourth-order valence-electron chi connectivity index (χ4n) is 0. The van der Waals surface area contributed by atoms with E-state index in [4.69, 9.17) is 32.2 Å². The summed E-state index contributed by atoms with van der Waals surface area (Å²) in [6.45, 7) is 3.72. The molecule has 106 valence electrons. The number of nitrogens with zero attached hydrogens (tertiary/aromatic N) is 2. The predicted molar refractivity (Wildman–Crippen MR) is 67.6 cm³/mol. The maximum absolute atomic E-state index is 8.24. The Bertz CT molecular complexity index is 163. The number of rotatable bonds is 2. The van der Waals surface area contributed by atoms with Crippen LogP contribution >= 0.6 is 0 Å². The van der Waals surface area contributed by atoms with Gasteiger partial charge in [-0.05, 0) is 13.8 Å². The summed E-state index contributed by atoms with van der Waals surface area (Å²) in [5.41, 5.74) is 11.3. The zero-order chi connectivity index (χ0) is 14.0. The van der Waals surface area contributed by atoms with Crippen LogP contribution < -0.4 is 5.73 Å². The average Bonchev–Trinajstić information content (AvgIpc) is 2.21. The van der Waals surface area contributed by atoms with Gasteiger partial charge in [0.2, 0.25) is 0 Å². The summed E-state index contributed by atoms with van der Waals surface area (Å²) in [5.74, 6) is 0. The molecule has 0 heterocycles. The zero-order valence-corrected chi connectivity index (χ0v) is 12.2. The van der Waals surface area contributed by atoms with Gasteiger partial charge >= 0.3 is 0 Å². The van der Waals surface area contributed by atoms with Crippen molar-refractivity contribution in [3.8, 4) is 10.8 Å². The Balaban J connectivity index is -0.0000000381. The molecule has 2 atom stereocenters. The van der Waals surface area contributed by atoms with Gasteiger partial charge in [0.05, 0.1) is 6.10 Å². The van der Waals surface area contributed by atoms with Crippen molar-refractivity contribution >= 4 is 25.3 Å². The van der Waals surface area contributed by atoms with Gasteiger partial charge < -0.3 is 46.9 Å². The number of thiocyanates is 2. The van der Waals surface area contributed by atoms with Crippen molar-refractivity contribution in [2.24, 2.45) is 5.73 Å². The number of nitrogens with one attached hydrogen (secondary N) is 1. The molecule has 0 aliphatic heterocycles. The third kappa shape index (κ3) is 212. The first-order chi connectivity index (χ1) is 7.37. The molecule has 2 unspecified atom stereocenters. The van der Waals surface area contributed by atoms with E-state index in [0.29, 0.717) is 6.54 Å². The quantitative estimate of drug-likeness (QED) is 0.362. The van der Waals surface area contributed by atoms with Crippen LogP contribution in [0.5, 0.6) is 0 Å². The van der Waals surface area contributed by atoms with Crippen molar-refractivity contribution in [3.63, 3.8) is 0 Å². The molecule has 0 bridgehead atoms. The molecule has 0 rings (SSSR count). The van der Waals surface area contributed by atoms with Crippen molar-refractivity contribution in [2.45, 2.75) is 26.1 Å². The van der Waals surface area contributed by atoms with Crippen molar-refractivity contribution in [3.05, 3.63) is 5.73 Å². The molecule has 0 aliphatic carbocycles. The second-order valence-electron chi connectivity index (χ2n) is 2.32. The van der Waals surface area contributed by atoms with E-state index in [2.05, 4.69) is 25.3 Å². The second-order valence-corrected chi connectivity index (χ2v) is 2.69. The van der Waals surface area contributed by atoms with Crippen LogP contribution in [0.25, 0.3) is 5.73 Å². The van der Waals surface area contributed by atoms with Crippen LogP contribution in [-0.4, -0.2) is 35.5 Å². The van der Waals surface area contributed by atoms with Crippen molar-refractivity contribution < 1.29 is 26.7 Å². The van der Waals surface area contributed by atoms with Gasteiger partial charge in [-0.3, -0.25) is 0 Å². The van der Waals surface area contributed by atoms with Crippen LogP contribution in [-0.2, 0) is 41.7 Å². The molecule has 0 amide bonds. The standard InChI is InChI=1S/C3H9NO.C3H8NO.2CHNS.Ni/c2*1-3(5)2-4;2*2-1-3;/h3,5H,2,4H2,1H3;3-5H,2H2,1H3;2*3H;/q;-1;;;/p-2. The monoisotopic (exact) mass is 323 g/mol. The fraction of sp³-hybridized carbons (Fsp3) is 0.750. The van der Waals surface area contributed by atoms with Gasteiger partial charge in [0.1, 0.15) is 0 Å². The van der Waals surface area contributed by atoms with Crippen LogP contribution in [0.1, 0.15) is 13.8 Å². The minimum atomic E-state index is -0.449. The topological polar surface area (TPSA) is 138 Å². The SMILES string of the molecule is CC(O)CN.CC(O)C[NH-].N#C[S-].N#C[S-].[Ni]. The first kappa shape index (κ1) is 30.1. The number of aliphatic hydroxyl groups is 2. The van der Waals surface area contributed by atoms with Crippen LogP contribution in [0.2, 0.25) is 0 Å². The van der Waals surface area contributed by atoms with E-state index in [1.165, 1.54) is 10.8 Å². The van der Waals surface area contributed by atoms with Gasteiger partial charge in [0.15, 0.2) is 0 Å². The number of hydrogen-bond donors (Lipinski definition) is 3. The van der Waals surface area contributed by atoms with Crippen LogP contribution in [0.15, 0.2) is 0 Å². The van der Waals surface area contributed by atoms with Gasteiger partial charge in [-0.25, -0.2) is 10.5 Å². The van der Waals surface area contributed by atoms with Crippen LogP contribution in [0.4, 0.5) is 0 Å². The summed E-state index contributed by atoms with van der Waals surface area (Å²) in [4.78, 5) is 0.